The normalized spacial score (nSPS) is 18.2. The van der Waals surface area contributed by atoms with Crippen LogP contribution in [0.3, 0.4) is 0 Å². The van der Waals surface area contributed by atoms with E-state index >= 15 is 0 Å². The second-order valence-corrected chi connectivity index (χ2v) is 7.33. The highest BCUT2D eigenvalue weighted by Crippen LogP contribution is 2.47. The van der Waals surface area contributed by atoms with Crippen molar-refractivity contribution in [1.29, 1.82) is 0 Å². The van der Waals surface area contributed by atoms with Gasteiger partial charge >= 0.3 is 0 Å². The van der Waals surface area contributed by atoms with Gasteiger partial charge in [-0.15, -0.1) is 0 Å². The van der Waals surface area contributed by atoms with E-state index in [0.29, 0.717) is 6.42 Å². The lowest BCUT2D eigenvalue weighted by Gasteiger charge is -2.40. The van der Waals surface area contributed by atoms with Crippen LogP contribution in [0.5, 0.6) is 0 Å². The molecule has 2 aliphatic rings. The molecule has 0 N–H and O–H groups in total. The third-order valence-corrected chi connectivity index (χ3v) is 5.88. The predicted molar refractivity (Wildman–Crippen MR) is 99.7 cm³/mol. The van der Waals surface area contributed by atoms with Crippen LogP contribution in [-0.4, -0.2) is 42.0 Å². The van der Waals surface area contributed by atoms with E-state index in [-0.39, 0.29) is 17.1 Å². The first-order valence-electron chi connectivity index (χ1n) is 9.34. The Balaban J connectivity index is 1.48. The smallest absolute Gasteiger partial charge is 0.228 e. The van der Waals surface area contributed by atoms with Crippen molar-refractivity contribution in [3.05, 3.63) is 59.7 Å². The van der Waals surface area contributed by atoms with Crippen LogP contribution in [0.2, 0.25) is 0 Å². The molecule has 2 aromatic rings. The van der Waals surface area contributed by atoms with Gasteiger partial charge in [0.1, 0.15) is 5.82 Å². The zero-order valence-electron chi connectivity index (χ0n) is 15.1. The predicted octanol–water partition coefficient (Wildman–Crippen LogP) is 3.16. The van der Waals surface area contributed by atoms with Crippen molar-refractivity contribution in [2.75, 3.05) is 31.1 Å². The second kappa shape index (κ2) is 6.71. The summed E-state index contributed by atoms with van der Waals surface area (Å²) in [6, 6.07) is 10.8. The zero-order chi connectivity index (χ0) is 18.1. The average molecular weight is 353 g/mol. The Morgan fingerprint density at radius 1 is 1.23 bits per heavy atom. The van der Waals surface area contributed by atoms with Crippen molar-refractivity contribution >= 4 is 11.6 Å². The lowest BCUT2D eigenvalue weighted by molar-refractivity contribution is -0.132. The van der Waals surface area contributed by atoms with Crippen molar-refractivity contribution in [1.82, 2.24) is 9.88 Å². The van der Waals surface area contributed by atoms with Crippen molar-refractivity contribution in [2.24, 2.45) is 0 Å². The molecule has 1 aromatic heterocycles. The van der Waals surface area contributed by atoms with Gasteiger partial charge in [-0.3, -0.25) is 9.78 Å². The van der Waals surface area contributed by atoms with Gasteiger partial charge in [-0.25, -0.2) is 4.39 Å². The molecule has 0 atom stereocenters. The molecule has 0 aliphatic carbocycles. The topological polar surface area (TPSA) is 36.4 Å². The number of hydrogen-bond acceptors (Lipinski definition) is 3. The number of anilines is 1. The first-order valence-corrected chi connectivity index (χ1v) is 9.34. The van der Waals surface area contributed by atoms with Crippen LogP contribution < -0.4 is 4.90 Å². The van der Waals surface area contributed by atoms with E-state index in [0.717, 1.165) is 56.0 Å². The minimum atomic E-state index is -0.172. The second-order valence-electron chi connectivity index (χ2n) is 7.33. The Kier molecular flexibility index (Phi) is 4.39. The zero-order valence-corrected chi connectivity index (χ0v) is 15.1. The summed E-state index contributed by atoms with van der Waals surface area (Å²) < 4.78 is 13.9. The SMILES string of the molecule is CCN1CC2(CCN(C(=O)Cc3ccccn3)CC2)c2cc(F)ccc21. The van der Waals surface area contributed by atoms with Crippen molar-refractivity contribution < 1.29 is 9.18 Å². The highest BCUT2D eigenvalue weighted by Gasteiger charge is 2.44. The number of piperidine rings is 1. The number of pyridine rings is 1. The molecule has 1 saturated heterocycles. The molecule has 1 amide bonds. The van der Waals surface area contributed by atoms with E-state index in [1.165, 1.54) is 0 Å². The van der Waals surface area contributed by atoms with Gasteiger partial charge in [0.25, 0.3) is 0 Å². The van der Waals surface area contributed by atoms with E-state index in [1.807, 2.05) is 29.2 Å². The number of benzene rings is 1. The van der Waals surface area contributed by atoms with Gasteiger partial charge in [-0.2, -0.15) is 0 Å². The first kappa shape index (κ1) is 17.0. The van der Waals surface area contributed by atoms with Crippen LogP contribution in [0.4, 0.5) is 10.1 Å². The summed E-state index contributed by atoms with van der Waals surface area (Å²) in [6.07, 6.45) is 3.83. The van der Waals surface area contributed by atoms with Crippen molar-refractivity contribution in [3.63, 3.8) is 0 Å². The molecule has 136 valence electrons. The molecular weight excluding hydrogens is 329 g/mol. The number of likely N-dealkylation sites (tertiary alicyclic amines) is 1. The summed E-state index contributed by atoms with van der Waals surface area (Å²) in [7, 11) is 0. The Morgan fingerprint density at radius 2 is 2.04 bits per heavy atom. The molecular formula is C21H24FN3O. The fourth-order valence-electron chi connectivity index (χ4n) is 4.41. The molecule has 0 radical (unpaired) electrons. The summed E-state index contributed by atoms with van der Waals surface area (Å²) in [4.78, 5) is 21.1. The van der Waals surface area contributed by atoms with Gasteiger partial charge < -0.3 is 9.80 Å². The van der Waals surface area contributed by atoms with E-state index in [9.17, 15) is 9.18 Å². The minimum absolute atomic E-state index is 0.0325. The van der Waals surface area contributed by atoms with E-state index in [4.69, 9.17) is 0 Å². The Morgan fingerprint density at radius 3 is 2.73 bits per heavy atom. The molecule has 0 bridgehead atoms. The molecule has 2 aliphatic heterocycles. The third-order valence-electron chi connectivity index (χ3n) is 5.88. The lowest BCUT2D eigenvalue weighted by atomic mass is 9.74. The fraction of sp³-hybridized carbons (Fsp3) is 0.429. The number of hydrogen-bond donors (Lipinski definition) is 0. The Hall–Kier alpha value is -2.43. The van der Waals surface area contributed by atoms with Crippen LogP contribution in [0.15, 0.2) is 42.6 Å². The van der Waals surface area contributed by atoms with Crippen LogP contribution in [-0.2, 0) is 16.6 Å². The first-order chi connectivity index (χ1) is 12.6. The highest BCUT2D eigenvalue weighted by molar-refractivity contribution is 5.78. The van der Waals surface area contributed by atoms with Crippen molar-refractivity contribution in [2.45, 2.75) is 31.6 Å². The maximum absolute atomic E-state index is 13.9. The molecule has 1 aromatic carbocycles. The summed E-state index contributed by atoms with van der Waals surface area (Å²) in [6.45, 7) is 5.42. The quantitative estimate of drug-likeness (QED) is 0.850. The summed E-state index contributed by atoms with van der Waals surface area (Å²) in [5, 5.41) is 0. The van der Waals surface area contributed by atoms with Gasteiger partial charge in [-0.05, 0) is 55.7 Å². The number of rotatable bonds is 3. The monoisotopic (exact) mass is 353 g/mol. The standard InChI is InChI=1S/C21H24FN3O/c1-2-24-15-21(18-13-16(22)6-7-19(18)24)8-11-25(12-9-21)20(26)14-17-5-3-4-10-23-17/h3-7,10,13H,2,8-9,11-12,14-15H2,1H3. The summed E-state index contributed by atoms with van der Waals surface area (Å²) >= 11 is 0. The lowest BCUT2D eigenvalue weighted by Crippen LogP contribution is -2.47. The van der Waals surface area contributed by atoms with E-state index in [2.05, 4.69) is 16.8 Å². The molecule has 3 heterocycles. The molecule has 5 heteroatoms. The average Bonchev–Trinajstić information content (AvgIpc) is 2.96. The minimum Gasteiger partial charge on any atom is -0.371 e. The molecule has 26 heavy (non-hydrogen) atoms. The molecule has 1 fully saturated rings. The number of nitrogens with zero attached hydrogens (tertiary/aromatic N) is 3. The van der Waals surface area contributed by atoms with Gasteiger partial charge in [-0.1, -0.05) is 6.07 Å². The molecule has 4 nitrogen and oxygen atoms in total. The number of carbonyl (C=O) groups excluding carboxylic acids is 1. The number of aromatic nitrogens is 1. The van der Waals surface area contributed by atoms with Gasteiger partial charge in [0, 0.05) is 49.2 Å². The maximum Gasteiger partial charge on any atom is 0.228 e. The van der Waals surface area contributed by atoms with Gasteiger partial charge in [0.05, 0.1) is 6.42 Å². The molecule has 4 rings (SSSR count). The fourth-order valence-corrected chi connectivity index (χ4v) is 4.41. The number of halogens is 1. The van der Waals surface area contributed by atoms with Crippen LogP contribution in [0.1, 0.15) is 31.0 Å². The summed E-state index contributed by atoms with van der Waals surface area (Å²) in [5.74, 6) is -0.0434. The van der Waals surface area contributed by atoms with E-state index < -0.39 is 0 Å². The number of fused-ring (bicyclic) bond motifs is 2. The van der Waals surface area contributed by atoms with Gasteiger partial charge in [0.2, 0.25) is 5.91 Å². The van der Waals surface area contributed by atoms with Gasteiger partial charge in [0.15, 0.2) is 0 Å². The van der Waals surface area contributed by atoms with Crippen LogP contribution >= 0.6 is 0 Å². The number of carbonyl (C=O) groups is 1. The van der Waals surface area contributed by atoms with Crippen LogP contribution in [0.25, 0.3) is 0 Å². The maximum atomic E-state index is 13.9. The Labute approximate surface area is 153 Å². The highest BCUT2D eigenvalue weighted by atomic mass is 19.1. The number of amides is 1. The molecule has 1 spiro atoms. The Bertz CT molecular complexity index is 800. The van der Waals surface area contributed by atoms with Crippen molar-refractivity contribution in [3.8, 4) is 0 Å². The summed E-state index contributed by atoms with van der Waals surface area (Å²) in [5.41, 5.74) is 3.05. The van der Waals surface area contributed by atoms with E-state index in [1.54, 1.807) is 18.3 Å². The number of likely N-dealkylation sites (N-methyl/N-ethyl adjacent to an activating group) is 1. The third kappa shape index (κ3) is 2.96. The molecule has 0 unspecified atom stereocenters. The largest absolute Gasteiger partial charge is 0.371 e. The van der Waals surface area contributed by atoms with Crippen LogP contribution in [0, 0.1) is 5.82 Å². The molecule has 0 saturated carbocycles.